The van der Waals surface area contributed by atoms with Crippen molar-refractivity contribution in [3.05, 3.63) is 58.5 Å². The summed E-state index contributed by atoms with van der Waals surface area (Å²) in [4.78, 5) is 15.6. The van der Waals surface area contributed by atoms with Gasteiger partial charge in [0.15, 0.2) is 11.5 Å². The summed E-state index contributed by atoms with van der Waals surface area (Å²) in [6, 6.07) is 8.28. The van der Waals surface area contributed by atoms with Gasteiger partial charge in [0.25, 0.3) is 0 Å². The van der Waals surface area contributed by atoms with Gasteiger partial charge >= 0.3 is 5.97 Å². The van der Waals surface area contributed by atoms with Crippen LogP contribution in [-0.2, 0) is 16.4 Å². The van der Waals surface area contributed by atoms with Crippen LogP contribution in [0.15, 0.2) is 39.6 Å². The number of hydrogen-bond donors (Lipinski definition) is 2. The Labute approximate surface area is 157 Å². The monoisotopic (exact) mass is 388 g/mol. The van der Waals surface area contributed by atoms with Gasteiger partial charge < -0.3 is 9.52 Å². The molecule has 0 saturated heterocycles. The number of oxazole rings is 1. The molecular formula is C19H20N2O5S. The van der Waals surface area contributed by atoms with Crippen LogP contribution >= 0.6 is 0 Å². The zero-order valence-corrected chi connectivity index (χ0v) is 16.1. The van der Waals surface area contributed by atoms with E-state index in [-0.39, 0.29) is 23.4 Å². The summed E-state index contributed by atoms with van der Waals surface area (Å²) in [5.74, 6) is -0.723. The number of benzene rings is 2. The molecule has 27 heavy (non-hydrogen) atoms. The minimum atomic E-state index is -3.85. The summed E-state index contributed by atoms with van der Waals surface area (Å²) < 4.78 is 33.1. The maximum Gasteiger partial charge on any atom is 0.336 e. The molecule has 1 aromatic heterocycles. The standard InChI is InChI=1S/C19H20N2O5S/c1-11-4-5-17-16(8-11)21-18(26-17)6-7-20-27(24,25)14-9-12(2)13(3)15(10-14)19(22)23/h4-5,8-10,20H,6-7H2,1-3H3,(H,22,23). The number of carboxylic acid groups (broad SMARTS) is 1. The number of nitrogens with one attached hydrogen (secondary N) is 1. The summed E-state index contributed by atoms with van der Waals surface area (Å²) >= 11 is 0. The molecule has 2 N–H and O–H groups in total. The number of rotatable bonds is 6. The van der Waals surface area contributed by atoms with Gasteiger partial charge in [0.05, 0.1) is 10.5 Å². The summed E-state index contributed by atoms with van der Waals surface area (Å²) in [5.41, 5.74) is 3.57. The van der Waals surface area contributed by atoms with Crippen LogP contribution < -0.4 is 4.72 Å². The highest BCUT2D eigenvalue weighted by molar-refractivity contribution is 7.89. The number of aryl methyl sites for hydroxylation is 2. The molecule has 0 radical (unpaired) electrons. The minimum Gasteiger partial charge on any atom is -0.478 e. The molecule has 3 aromatic rings. The van der Waals surface area contributed by atoms with Gasteiger partial charge in [-0.1, -0.05) is 6.07 Å². The second-order valence-electron chi connectivity index (χ2n) is 6.44. The fourth-order valence-electron chi connectivity index (χ4n) is 2.77. The lowest BCUT2D eigenvalue weighted by Crippen LogP contribution is -2.26. The first-order chi connectivity index (χ1) is 12.7. The van der Waals surface area contributed by atoms with Crippen molar-refractivity contribution in [2.24, 2.45) is 0 Å². The van der Waals surface area contributed by atoms with E-state index in [4.69, 9.17) is 4.42 Å². The van der Waals surface area contributed by atoms with E-state index in [0.29, 0.717) is 22.6 Å². The molecule has 7 nitrogen and oxygen atoms in total. The zero-order valence-electron chi connectivity index (χ0n) is 15.2. The van der Waals surface area contributed by atoms with E-state index in [1.165, 1.54) is 12.1 Å². The van der Waals surface area contributed by atoms with Crippen molar-refractivity contribution in [2.45, 2.75) is 32.1 Å². The lowest BCUT2D eigenvalue weighted by Gasteiger charge is -2.10. The fourth-order valence-corrected chi connectivity index (χ4v) is 3.91. The topological polar surface area (TPSA) is 110 Å². The molecule has 0 aliphatic heterocycles. The number of aromatic carboxylic acids is 1. The molecule has 0 unspecified atom stereocenters. The van der Waals surface area contributed by atoms with Gasteiger partial charge in [-0.15, -0.1) is 0 Å². The predicted molar refractivity (Wildman–Crippen MR) is 101 cm³/mol. The molecule has 142 valence electrons. The summed E-state index contributed by atoms with van der Waals surface area (Å²) in [6.45, 7) is 5.37. The van der Waals surface area contributed by atoms with Gasteiger partial charge in [0.1, 0.15) is 5.52 Å². The Kier molecular flexibility index (Phi) is 5.03. The number of aromatic nitrogens is 1. The summed E-state index contributed by atoms with van der Waals surface area (Å²) in [7, 11) is -3.85. The Balaban J connectivity index is 1.75. The van der Waals surface area contributed by atoms with E-state index in [1.54, 1.807) is 13.8 Å². The number of sulfonamides is 1. The number of carbonyl (C=O) groups is 1. The molecule has 3 rings (SSSR count). The van der Waals surface area contributed by atoms with E-state index in [0.717, 1.165) is 11.1 Å². The lowest BCUT2D eigenvalue weighted by atomic mass is 10.0. The maximum absolute atomic E-state index is 12.5. The lowest BCUT2D eigenvalue weighted by molar-refractivity contribution is 0.0695. The Morgan fingerprint density at radius 3 is 2.63 bits per heavy atom. The Morgan fingerprint density at radius 2 is 1.93 bits per heavy atom. The van der Waals surface area contributed by atoms with E-state index in [9.17, 15) is 18.3 Å². The van der Waals surface area contributed by atoms with Crippen molar-refractivity contribution < 1.29 is 22.7 Å². The first kappa shape index (κ1) is 19.1. The van der Waals surface area contributed by atoms with Crippen LogP contribution in [0.2, 0.25) is 0 Å². The number of carboxylic acids is 1. The van der Waals surface area contributed by atoms with E-state index >= 15 is 0 Å². The van der Waals surface area contributed by atoms with Crippen LogP contribution in [0.1, 0.15) is 32.9 Å². The molecule has 0 fully saturated rings. The average Bonchev–Trinajstić information content (AvgIpc) is 2.98. The third-order valence-corrected chi connectivity index (χ3v) is 5.84. The Bertz CT molecular complexity index is 1130. The van der Waals surface area contributed by atoms with Crippen LogP contribution in [-0.4, -0.2) is 31.0 Å². The minimum absolute atomic E-state index is 0.0234. The average molecular weight is 388 g/mol. The molecule has 0 spiro atoms. The van der Waals surface area contributed by atoms with Gasteiger partial charge in [-0.25, -0.2) is 22.9 Å². The first-order valence-corrected chi connectivity index (χ1v) is 9.86. The molecule has 1 heterocycles. The van der Waals surface area contributed by atoms with Gasteiger partial charge in [0, 0.05) is 13.0 Å². The van der Waals surface area contributed by atoms with Crippen molar-refractivity contribution in [3.63, 3.8) is 0 Å². The van der Waals surface area contributed by atoms with Crippen LogP contribution in [0.3, 0.4) is 0 Å². The van der Waals surface area contributed by atoms with Gasteiger partial charge in [-0.05, 0) is 61.7 Å². The number of hydrogen-bond acceptors (Lipinski definition) is 5. The van der Waals surface area contributed by atoms with E-state index < -0.39 is 16.0 Å². The van der Waals surface area contributed by atoms with Crippen molar-refractivity contribution >= 4 is 27.1 Å². The number of nitrogens with zero attached hydrogens (tertiary/aromatic N) is 1. The fraction of sp³-hybridized carbons (Fsp3) is 0.263. The highest BCUT2D eigenvalue weighted by atomic mass is 32.2. The van der Waals surface area contributed by atoms with E-state index in [1.807, 2.05) is 25.1 Å². The zero-order chi connectivity index (χ0) is 19.8. The molecule has 0 aliphatic carbocycles. The van der Waals surface area contributed by atoms with Crippen LogP contribution in [0.25, 0.3) is 11.1 Å². The van der Waals surface area contributed by atoms with Crippen molar-refractivity contribution in [1.82, 2.24) is 9.71 Å². The molecule has 2 aromatic carbocycles. The van der Waals surface area contributed by atoms with Crippen molar-refractivity contribution in [2.75, 3.05) is 6.54 Å². The van der Waals surface area contributed by atoms with Crippen LogP contribution in [0, 0.1) is 20.8 Å². The Hall–Kier alpha value is -2.71. The molecule has 8 heteroatoms. The third-order valence-electron chi connectivity index (χ3n) is 4.40. The maximum atomic E-state index is 12.5. The molecule has 0 amide bonds. The molecular weight excluding hydrogens is 368 g/mol. The van der Waals surface area contributed by atoms with Gasteiger partial charge in [-0.3, -0.25) is 0 Å². The highest BCUT2D eigenvalue weighted by Crippen LogP contribution is 2.20. The largest absolute Gasteiger partial charge is 0.478 e. The highest BCUT2D eigenvalue weighted by Gasteiger charge is 2.19. The third kappa shape index (κ3) is 4.01. The van der Waals surface area contributed by atoms with Crippen molar-refractivity contribution in [1.29, 1.82) is 0 Å². The molecule has 0 aliphatic rings. The smallest absolute Gasteiger partial charge is 0.336 e. The SMILES string of the molecule is Cc1ccc2oc(CCNS(=O)(=O)c3cc(C)c(C)c(C(=O)O)c3)nc2c1. The van der Waals surface area contributed by atoms with Crippen LogP contribution in [0.5, 0.6) is 0 Å². The van der Waals surface area contributed by atoms with Gasteiger partial charge in [-0.2, -0.15) is 0 Å². The summed E-state index contributed by atoms with van der Waals surface area (Å²) in [5, 5.41) is 9.26. The normalized spacial score (nSPS) is 11.8. The molecule has 0 bridgehead atoms. The van der Waals surface area contributed by atoms with E-state index in [2.05, 4.69) is 9.71 Å². The quantitative estimate of drug-likeness (QED) is 0.672. The molecule has 0 atom stereocenters. The van der Waals surface area contributed by atoms with Crippen LogP contribution in [0.4, 0.5) is 0 Å². The second kappa shape index (κ2) is 7.13. The predicted octanol–water partition coefficient (Wildman–Crippen LogP) is 2.97. The number of fused-ring (bicyclic) bond motifs is 1. The second-order valence-corrected chi connectivity index (χ2v) is 8.21. The molecule has 0 saturated carbocycles. The first-order valence-electron chi connectivity index (χ1n) is 8.37. The summed E-state index contributed by atoms with van der Waals surface area (Å²) in [6.07, 6.45) is 0.281. The Morgan fingerprint density at radius 1 is 1.19 bits per heavy atom. The van der Waals surface area contributed by atoms with Crippen molar-refractivity contribution in [3.8, 4) is 0 Å². The van der Waals surface area contributed by atoms with Gasteiger partial charge in [0.2, 0.25) is 10.0 Å².